The predicted molar refractivity (Wildman–Crippen MR) is 137 cm³/mol. The maximum Gasteiger partial charge on any atom is 0.231 e. The molecule has 7 nitrogen and oxygen atoms in total. The highest BCUT2D eigenvalue weighted by molar-refractivity contribution is 14.0. The van der Waals surface area contributed by atoms with Crippen LogP contribution in [-0.4, -0.2) is 52.6 Å². The highest BCUT2D eigenvalue weighted by Crippen LogP contribution is 2.49. The van der Waals surface area contributed by atoms with Crippen LogP contribution in [0.2, 0.25) is 0 Å². The normalized spacial score (nSPS) is 20.5. The summed E-state index contributed by atoms with van der Waals surface area (Å²) in [6.45, 7) is 3.09. The number of hydrogen-bond donors (Lipinski definition) is 2. The van der Waals surface area contributed by atoms with E-state index >= 15 is 0 Å². The Morgan fingerprint density at radius 1 is 1.19 bits per heavy atom. The first kappa shape index (κ1) is 22.8. The molecule has 1 aliphatic carbocycles. The van der Waals surface area contributed by atoms with E-state index < -0.39 is 0 Å². The first-order valence-corrected chi connectivity index (χ1v) is 11.0. The second kappa shape index (κ2) is 9.64. The van der Waals surface area contributed by atoms with Crippen molar-refractivity contribution < 1.29 is 14.2 Å². The molecule has 0 amide bonds. The first-order valence-electron chi connectivity index (χ1n) is 11.0. The van der Waals surface area contributed by atoms with Gasteiger partial charge in [-0.1, -0.05) is 18.2 Å². The number of ether oxygens (including phenoxy) is 3. The number of aliphatic imine (C=N–C) groups is 1. The Balaban J connectivity index is 0.00000245. The summed E-state index contributed by atoms with van der Waals surface area (Å²) in [6, 6.07) is 14.9. The highest BCUT2D eigenvalue weighted by Gasteiger charge is 2.45. The van der Waals surface area contributed by atoms with Crippen molar-refractivity contribution in [1.29, 1.82) is 0 Å². The maximum atomic E-state index is 5.57. The van der Waals surface area contributed by atoms with Crippen molar-refractivity contribution in [3.05, 3.63) is 48.0 Å². The van der Waals surface area contributed by atoms with Crippen molar-refractivity contribution in [3.8, 4) is 17.2 Å². The van der Waals surface area contributed by atoms with Crippen LogP contribution in [0, 0.1) is 0 Å². The minimum Gasteiger partial charge on any atom is -0.495 e. The number of guanidine groups is 1. The summed E-state index contributed by atoms with van der Waals surface area (Å²) in [7, 11) is 3.56. The number of rotatable bonds is 6. The number of nitrogens with zero attached hydrogens (tertiary/aromatic N) is 2. The number of hydrogen-bond acceptors (Lipinski definition) is 5. The summed E-state index contributed by atoms with van der Waals surface area (Å²) in [5.41, 5.74) is 2.61. The molecule has 2 fully saturated rings. The van der Waals surface area contributed by atoms with E-state index in [0.717, 1.165) is 55.0 Å². The molecule has 0 bridgehead atoms. The molecule has 2 heterocycles. The molecule has 0 radical (unpaired) electrons. The summed E-state index contributed by atoms with van der Waals surface area (Å²) >= 11 is 0. The van der Waals surface area contributed by atoms with Crippen LogP contribution in [0.3, 0.4) is 0 Å². The number of anilines is 1. The van der Waals surface area contributed by atoms with E-state index in [1.54, 1.807) is 7.11 Å². The van der Waals surface area contributed by atoms with Crippen molar-refractivity contribution in [1.82, 2.24) is 10.6 Å². The molecule has 2 N–H and O–H groups in total. The molecule has 0 spiro atoms. The second-order valence-corrected chi connectivity index (χ2v) is 8.52. The van der Waals surface area contributed by atoms with E-state index in [-0.39, 0.29) is 29.4 Å². The molecule has 2 aliphatic heterocycles. The van der Waals surface area contributed by atoms with Crippen LogP contribution in [0.5, 0.6) is 17.2 Å². The Kier molecular flexibility index (Phi) is 6.88. The average molecular weight is 550 g/mol. The van der Waals surface area contributed by atoms with Gasteiger partial charge in [0.2, 0.25) is 6.79 Å². The molecule has 1 unspecified atom stereocenters. The zero-order chi connectivity index (χ0) is 21.3. The van der Waals surface area contributed by atoms with Gasteiger partial charge in [0.15, 0.2) is 17.5 Å². The molecule has 1 atom stereocenters. The van der Waals surface area contributed by atoms with Crippen molar-refractivity contribution in [2.45, 2.75) is 30.7 Å². The SMILES string of the molecule is CN=C(NCC1(c2ccc3c(c2)OCO3)CC1)NC1CCN(c2ccccc2OC)C1.I. The number of fused-ring (bicyclic) bond motifs is 1. The van der Waals surface area contributed by atoms with Gasteiger partial charge in [-0.05, 0) is 49.1 Å². The lowest BCUT2D eigenvalue weighted by Crippen LogP contribution is -2.46. The van der Waals surface area contributed by atoms with Crippen molar-refractivity contribution in [2.75, 3.05) is 45.5 Å². The summed E-state index contributed by atoms with van der Waals surface area (Å²) < 4.78 is 16.6. The molecule has 172 valence electrons. The molecule has 3 aliphatic rings. The third-order valence-corrected chi connectivity index (χ3v) is 6.61. The zero-order valence-corrected chi connectivity index (χ0v) is 20.9. The molecular formula is C24H31IN4O3. The number of methoxy groups -OCH3 is 1. The lowest BCUT2D eigenvalue weighted by Gasteiger charge is -2.23. The van der Waals surface area contributed by atoms with Crippen LogP contribution in [-0.2, 0) is 5.41 Å². The third kappa shape index (κ3) is 4.55. The van der Waals surface area contributed by atoms with Crippen molar-refractivity contribution in [3.63, 3.8) is 0 Å². The molecular weight excluding hydrogens is 519 g/mol. The minimum atomic E-state index is 0. The van der Waals surface area contributed by atoms with E-state index in [1.807, 2.05) is 25.2 Å². The Hall–Kier alpha value is -2.36. The van der Waals surface area contributed by atoms with Gasteiger partial charge in [0.25, 0.3) is 0 Å². The Labute approximate surface area is 206 Å². The first-order chi connectivity index (χ1) is 15.2. The fourth-order valence-corrected chi connectivity index (χ4v) is 4.57. The van der Waals surface area contributed by atoms with Gasteiger partial charge in [-0.3, -0.25) is 4.99 Å². The Bertz CT molecular complexity index is 979. The van der Waals surface area contributed by atoms with Crippen molar-refractivity contribution in [2.24, 2.45) is 4.99 Å². The molecule has 1 saturated heterocycles. The maximum absolute atomic E-state index is 5.57. The molecule has 2 aromatic carbocycles. The van der Waals surface area contributed by atoms with Gasteiger partial charge >= 0.3 is 0 Å². The van der Waals surface area contributed by atoms with Crippen LogP contribution in [0.1, 0.15) is 24.8 Å². The van der Waals surface area contributed by atoms with Gasteiger partial charge in [-0.2, -0.15) is 0 Å². The van der Waals surface area contributed by atoms with Gasteiger partial charge in [-0.15, -0.1) is 24.0 Å². The van der Waals surface area contributed by atoms with Crippen LogP contribution < -0.4 is 29.7 Å². The van der Waals surface area contributed by atoms with E-state index in [0.29, 0.717) is 12.8 Å². The van der Waals surface area contributed by atoms with E-state index in [4.69, 9.17) is 14.2 Å². The van der Waals surface area contributed by atoms with Gasteiger partial charge < -0.3 is 29.7 Å². The van der Waals surface area contributed by atoms with Crippen molar-refractivity contribution >= 4 is 35.6 Å². The fraction of sp³-hybridized carbons (Fsp3) is 0.458. The fourth-order valence-electron chi connectivity index (χ4n) is 4.57. The smallest absolute Gasteiger partial charge is 0.231 e. The monoisotopic (exact) mass is 550 g/mol. The second-order valence-electron chi connectivity index (χ2n) is 8.52. The highest BCUT2D eigenvalue weighted by atomic mass is 127. The van der Waals surface area contributed by atoms with E-state index in [1.165, 1.54) is 18.4 Å². The van der Waals surface area contributed by atoms with Crippen LogP contribution >= 0.6 is 24.0 Å². The van der Waals surface area contributed by atoms with E-state index in [2.05, 4.69) is 44.8 Å². The number of para-hydroxylation sites is 2. The lowest BCUT2D eigenvalue weighted by atomic mass is 9.95. The Morgan fingerprint density at radius 2 is 2.00 bits per heavy atom. The average Bonchev–Trinajstić information content (AvgIpc) is 3.22. The number of halogens is 1. The van der Waals surface area contributed by atoms with Gasteiger partial charge in [-0.25, -0.2) is 0 Å². The van der Waals surface area contributed by atoms with Crippen LogP contribution in [0.15, 0.2) is 47.5 Å². The molecule has 2 aromatic rings. The van der Waals surface area contributed by atoms with Crippen LogP contribution in [0.4, 0.5) is 5.69 Å². The van der Waals surface area contributed by atoms with Crippen LogP contribution in [0.25, 0.3) is 0 Å². The quantitative estimate of drug-likeness (QED) is 0.326. The van der Waals surface area contributed by atoms with E-state index in [9.17, 15) is 0 Å². The topological polar surface area (TPSA) is 67.4 Å². The molecule has 0 aromatic heterocycles. The minimum absolute atomic E-state index is 0. The standard InChI is InChI=1S/C24H30N4O3.HI/c1-25-23(27-18-9-12-28(14-18)19-5-3-4-6-20(19)29-2)26-15-24(10-11-24)17-7-8-21-22(13-17)31-16-30-21;/h3-8,13,18H,9-12,14-16H2,1-2H3,(H2,25,26,27);1H. The summed E-state index contributed by atoms with van der Waals surface area (Å²) in [4.78, 5) is 6.85. The summed E-state index contributed by atoms with van der Waals surface area (Å²) in [5, 5.41) is 7.17. The Morgan fingerprint density at radius 3 is 2.78 bits per heavy atom. The summed E-state index contributed by atoms with van der Waals surface area (Å²) in [5.74, 6) is 3.48. The largest absolute Gasteiger partial charge is 0.495 e. The number of nitrogens with one attached hydrogen (secondary N) is 2. The van der Waals surface area contributed by atoms with Gasteiger partial charge in [0.1, 0.15) is 5.75 Å². The molecule has 5 rings (SSSR count). The molecule has 1 saturated carbocycles. The molecule has 32 heavy (non-hydrogen) atoms. The zero-order valence-electron chi connectivity index (χ0n) is 18.6. The predicted octanol–water partition coefficient (Wildman–Crippen LogP) is 3.52. The number of benzene rings is 2. The lowest BCUT2D eigenvalue weighted by molar-refractivity contribution is 0.174. The van der Waals surface area contributed by atoms with Gasteiger partial charge in [0.05, 0.1) is 12.8 Å². The van der Waals surface area contributed by atoms with Gasteiger partial charge in [0, 0.05) is 38.1 Å². The third-order valence-electron chi connectivity index (χ3n) is 6.61. The summed E-state index contributed by atoms with van der Waals surface area (Å²) in [6.07, 6.45) is 3.40. The molecule has 8 heteroatoms.